The Morgan fingerprint density at radius 2 is 1.94 bits per heavy atom. The van der Waals surface area contributed by atoms with Crippen LogP contribution in [0.5, 0.6) is 0 Å². The largest absolute Gasteiger partial charge is 0.421 e. The van der Waals surface area contributed by atoms with Crippen molar-refractivity contribution in [3.05, 3.63) is 70.3 Å². The number of methoxy groups -OCH3 is 1. The molecule has 4 aromatic rings. The molecule has 0 radical (unpaired) electrons. The Balaban J connectivity index is 1.86. The molecule has 0 aliphatic carbocycles. The first-order chi connectivity index (χ1) is 15.2. The number of ether oxygens (including phenoxy) is 1. The van der Waals surface area contributed by atoms with Gasteiger partial charge in [-0.3, -0.25) is 9.59 Å². The number of halogens is 3. The molecule has 0 saturated carbocycles. The molecule has 2 aromatic heterocycles. The monoisotopic (exact) mass is 444 g/mol. The van der Waals surface area contributed by atoms with Crippen molar-refractivity contribution in [1.82, 2.24) is 19.9 Å². The first-order valence-electron chi connectivity index (χ1n) is 9.71. The number of hydrogen-bond acceptors (Lipinski definition) is 4. The quantitative estimate of drug-likeness (QED) is 0.492. The maximum absolute atomic E-state index is 13.8. The summed E-state index contributed by atoms with van der Waals surface area (Å²) < 4.78 is 47.2. The minimum absolute atomic E-state index is 0.104. The van der Waals surface area contributed by atoms with E-state index < -0.39 is 40.5 Å². The number of nitrogens with one attached hydrogen (secondary N) is 2. The summed E-state index contributed by atoms with van der Waals surface area (Å²) in [6, 6.07) is 12.4. The molecule has 1 atom stereocenters. The Morgan fingerprint density at radius 3 is 2.62 bits per heavy atom. The number of H-pyrrole nitrogens is 1. The zero-order valence-corrected chi connectivity index (χ0v) is 17.2. The molecular formula is C22H19F3N4O3. The van der Waals surface area contributed by atoms with E-state index in [2.05, 4.69) is 15.4 Å². The predicted molar refractivity (Wildman–Crippen MR) is 113 cm³/mol. The summed E-state index contributed by atoms with van der Waals surface area (Å²) in [7, 11) is 1.41. The molecule has 2 heterocycles. The summed E-state index contributed by atoms with van der Waals surface area (Å²) in [5, 5.41) is 8.10. The van der Waals surface area contributed by atoms with Gasteiger partial charge < -0.3 is 15.0 Å². The number of carbonyl (C=O) groups is 1. The second-order valence-electron chi connectivity index (χ2n) is 7.40. The Kier molecular flexibility index (Phi) is 5.47. The van der Waals surface area contributed by atoms with E-state index in [0.29, 0.717) is 5.56 Å². The normalized spacial score (nSPS) is 12.9. The Labute approximate surface area is 179 Å². The molecule has 0 spiro atoms. The van der Waals surface area contributed by atoms with Gasteiger partial charge in [-0.2, -0.15) is 18.3 Å². The minimum atomic E-state index is -4.96. The summed E-state index contributed by atoms with van der Waals surface area (Å²) in [5.74, 6) is -1.04. The van der Waals surface area contributed by atoms with Crippen LogP contribution in [0.1, 0.15) is 23.0 Å². The van der Waals surface area contributed by atoms with Gasteiger partial charge in [-0.15, -0.1) is 0 Å². The molecule has 0 aliphatic rings. The number of fused-ring (bicyclic) bond motifs is 2. The fourth-order valence-electron chi connectivity index (χ4n) is 3.60. The number of aromatic nitrogens is 3. The van der Waals surface area contributed by atoms with Crippen LogP contribution in [-0.2, 0) is 10.9 Å². The molecule has 166 valence electrons. The molecule has 0 aliphatic heterocycles. The molecule has 4 rings (SSSR count). The lowest BCUT2D eigenvalue weighted by Gasteiger charge is -2.12. The van der Waals surface area contributed by atoms with Gasteiger partial charge in [-0.05, 0) is 23.8 Å². The standard InChI is InChI=1S/C22H19F3N4O3/c1-12(11-32-2)26-20(30)18-17(22(23,24)25)19-21(31)27-16(10-29(19)28-18)15-8-7-13-5-3-4-6-14(13)9-15/h3-10,12H,11H2,1-2H3,(H,26,30)(H,27,31)/t12-/m1/s1. The number of benzene rings is 2. The van der Waals surface area contributed by atoms with Gasteiger partial charge in [0.05, 0.1) is 18.5 Å². The van der Waals surface area contributed by atoms with Crippen molar-refractivity contribution in [3.8, 4) is 11.3 Å². The number of alkyl halides is 3. The molecule has 7 nitrogen and oxygen atoms in total. The van der Waals surface area contributed by atoms with Crippen LogP contribution >= 0.6 is 0 Å². The Bertz CT molecular complexity index is 1370. The number of aromatic amines is 1. The lowest BCUT2D eigenvalue weighted by atomic mass is 10.1. The van der Waals surface area contributed by atoms with Gasteiger partial charge in [0.1, 0.15) is 11.1 Å². The molecule has 10 heteroatoms. The van der Waals surface area contributed by atoms with Crippen LogP contribution in [0.25, 0.3) is 27.5 Å². The van der Waals surface area contributed by atoms with Crippen LogP contribution in [0.15, 0.2) is 53.5 Å². The van der Waals surface area contributed by atoms with E-state index in [4.69, 9.17) is 4.74 Å². The molecular weight excluding hydrogens is 425 g/mol. The summed E-state index contributed by atoms with van der Waals surface area (Å²) in [5.41, 5.74) is -3.14. The topological polar surface area (TPSA) is 88.5 Å². The molecule has 0 fully saturated rings. The summed E-state index contributed by atoms with van der Waals surface area (Å²) in [4.78, 5) is 27.7. The first kappa shape index (κ1) is 21.6. The number of hydrogen-bond donors (Lipinski definition) is 2. The van der Waals surface area contributed by atoms with E-state index in [0.717, 1.165) is 15.3 Å². The van der Waals surface area contributed by atoms with E-state index in [1.165, 1.54) is 13.3 Å². The highest BCUT2D eigenvalue weighted by molar-refractivity contribution is 5.96. The highest BCUT2D eigenvalue weighted by Crippen LogP contribution is 2.34. The Hall–Kier alpha value is -3.66. The smallest absolute Gasteiger partial charge is 0.383 e. The number of nitrogens with zero attached hydrogens (tertiary/aromatic N) is 2. The van der Waals surface area contributed by atoms with Crippen molar-refractivity contribution in [2.24, 2.45) is 0 Å². The molecule has 32 heavy (non-hydrogen) atoms. The number of carbonyl (C=O) groups excluding carboxylic acids is 1. The van der Waals surface area contributed by atoms with Gasteiger partial charge in [-0.1, -0.05) is 36.4 Å². The maximum atomic E-state index is 13.8. The van der Waals surface area contributed by atoms with Crippen molar-refractivity contribution in [2.75, 3.05) is 13.7 Å². The van der Waals surface area contributed by atoms with Crippen molar-refractivity contribution in [3.63, 3.8) is 0 Å². The van der Waals surface area contributed by atoms with Crippen LogP contribution < -0.4 is 10.9 Å². The third kappa shape index (κ3) is 3.96. The lowest BCUT2D eigenvalue weighted by molar-refractivity contribution is -0.136. The zero-order valence-electron chi connectivity index (χ0n) is 17.2. The molecule has 2 N–H and O–H groups in total. The van der Waals surface area contributed by atoms with Crippen LogP contribution in [0, 0.1) is 0 Å². The predicted octanol–water partition coefficient (Wildman–Crippen LogP) is 3.63. The van der Waals surface area contributed by atoms with Gasteiger partial charge in [0.2, 0.25) is 0 Å². The van der Waals surface area contributed by atoms with Crippen molar-refractivity contribution >= 4 is 22.2 Å². The summed E-state index contributed by atoms with van der Waals surface area (Å²) in [6.07, 6.45) is -3.69. The van der Waals surface area contributed by atoms with E-state index in [-0.39, 0.29) is 12.3 Å². The van der Waals surface area contributed by atoms with Crippen LogP contribution in [-0.4, -0.2) is 40.3 Å². The lowest BCUT2D eigenvalue weighted by Crippen LogP contribution is -2.36. The average molecular weight is 444 g/mol. The SMILES string of the molecule is COC[C@@H](C)NC(=O)c1nn2cc(-c3ccc4ccccc4c3)[nH]c(=O)c2c1C(F)(F)F. The van der Waals surface area contributed by atoms with Crippen LogP contribution in [0.3, 0.4) is 0 Å². The van der Waals surface area contributed by atoms with Gasteiger partial charge in [0.25, 0.3) is 11.5 Å². The number of rotatable bonds is 5. The second kappa shape index (κ2) is 8.12. The van der Waals surface area contributed by atoms with Crippen LogP contribution in [0.2, 0.25) is 0 Å². The van der Waals surface area contributed by atoms with Crippen molar-refractivity contribution in [1.29, 1.82) is 0 Å². The fourth-order valence-corrected chi connectivity index (χ4v) is 3.60. The molecule has 0 unspecified atom stereocenters. The second-order valence-corrected chi connectivity index (χ2v) is 7.40. The molecule has 1 amide bonds. The van der Waals surface area contributed by atoms with Crippen molar-refractivity contribution in [2.45, 2.75) is 19.1 Å². The molecule has 0 saturated heterocycles. The van der Waals surface area contributed by atoms with E-state index in [1.54, 1.807) is 19.1 Å². The van der Waals surface area contributed by atoms with E-state index >= 15 is 0 Å². The fraction of sp³-hybridized carbons (Fsp3) is 0.227. The number of amides is 1. The third-order valence-electron chi connectivity index (χ3n) is 4.98. The highest BCUT2D eigenvalue weighted by atomic mass is 19.4. The third-order valence-corrected chi connectivity index (χ3v) is 4.98. The van der Waals surface area contributed by atoms with Gasteiger partial charge in [0, 0.05) is 18.7 Å². The minimum Gasteiger partial charge on any atom is -0.383 e. The summed E-state index contributed by atoms with van der Waals surface area (Å²) in [6.45, 7) is 1.68. The van der Waals surface area contributed by atoms with Gasteiger partial charge in [0.15, 0.2) is 5.69 Å². The van der Waals surface area contributed by atoms with Gasteiger partial charge in [-0.25, -0.2) is 4.52 Å². The van der Waals surface area contributed by atoms with Gasteiger partial charge >= 0.3 is 6.18 Å². The van der Waals surface area contributed by atoms with E-state index in [9.17, 15) is 22.8 Å². The van der Waals surface area contributed by atoms with Crippen molar-refractivity contribution < 1.29 is 22.7 Å². The highest BCUT2D eigenvalue weighted by Gasteiger charge is 2.41. The molecule has 0 bridgehead atoms. The zero-order chi connectivity index (χ0) is 23.0. The maximum Gasteiger partial charge on any atom is 0.421 e. The Morgan fingerprint density at radius 1 is 1.22 bits per heavy atom. The van der Waals surface area contributed by atoms with E-state index in [1.807, 2.05) is 30.3 Å². The summed E-state index contributed by atoms with van der Waals surface area (Å²) >= 11 is 0. The van der Waals surface area contributed by atoms with Crippen LogP contribution in [0.4, 0.5) is 13.2 Å². The first-order valence-corrected chi connectivity index (χ1v) is 9.71. The molecule has 2 aromatic carbocycles. The average Bonchev–Trinajstić information content (AvgIpc) is 3.14.